The van der Waals surface area contributed by atoms with E-state index in [2.05, 4.69) is 62.4 Å². The van der Waals surface area contributed by atoms with E-state index in [0.717, 1.165) is 39.7 Å². The zero-order valence-electron chi connectivity index (χ0n) is 17.8. The van der Waals surface area contributed by atoms with Crippen molar-refractivity contribution in [2.24, 2.45) is 0 Å². The van der Waals surface area contributed by atoms with Crippen LogP contribution in [-0.2, 0) is 19.4 Å². The molecule has 0 aromatic carbocycles. The highest BCUT2D eigenvalue weighted by Gasteiger charge is 1.99. The molecule has 0 aromatic heterocycles. The molecule has 0 fully saturated rings. The Morgan fingerprint density at radius 2 is 1.23 bits per heavy atom. The minimum Gasteiger partial charge on any atom is -0.478 e. The van der Waals surface area contributed by atoms with E-state index in [0.29, 0.717) is 12.0 Å². The first-order valence-electron chi connectivity index (χ1n) is 8.67. The molecule has 160 valence electrons. The van der Waals surface area contributed by atoms with Gasteiger partial charge in [-0.05, 0) is 46.7 Å². The molecule has 0 radical (unpaired) electrons. The third-order valence-electron chi connectivity index (χ3n) is 3.22. The molecule has 0 saturated carbocycles. The van der Waals surface area contributed by atoms with E-state index in [1.54, 1.807) is 0 Å². The van der Waals surface area contributed by atoms with Gasteiger partial charge in [-0.25, -0.2) is 4.79 Å². The fourth-order valence-electron chi connectivity index (χ4n) is 0.856. The van der Waals surface area contributed by atoms with Crippen molar-refractivity contribution in [3.63, 3.8) is 0 Å². The van der Waals surface area contributed by atoms with E-state index in [9.17, 15) is 13.2 Å². The zero-order valence-corrected chi connectivity index (χ0v) is 18.6. The van der Waals surface area contributed by atoms with E-state index >= 15 is 0 Å². The second-order valence-electron chi connectivity index (χ2n) is 5.23. The van der Waals surface area contributed by atoms with Crippen molar-refractivity contribution in [2.75, 3.05) is 47.4 Å². The molecule has 0 atom stereocenters. The van der Waals surface area contributed by atoms with E-state index in [-0.39, 0.29) is 0 Å². The average molecular weight is 401 g/mol. The van der Waals surface area contributed by atoms with Crippen LogP contribution in [0.25, 0.3) is 0 Å². The predicted molar refractivity (Wildman–Crippen MR) is 108 cm³/mol. The van der Waals surface area contributed by atoms with Crippen LogP contribution < -0.4 is 0 Å². The summed E-state index contributed by atoms with van der Waals surface area (Å²) >= 11 is 0. The highest BCUT2D eigenvalue weighted by molar-refractivity contribution is 7.80. The Bertz CT molecular complexity index is 409. The van der Waals surface area contributed by atoms with E-state index < -0.39 is 16.4 Å². The number of hydrogen-bond donors (Lipinski definition) is 2. The quantitative estimate of drug-likeness (QED) is 0.473. The van der Waals surface area contributed by atoms with Gasteiger partial charge in [-0.3, -0.25) is 8.74 Å². The number of rotatable bonds is 8. The summed E-state index contributed by atoms with van der Waals surface area (Å²) in [6, 6.07) is 0. The maximum Gasteiger partial charge on any atom is 0.397 e. The molecule has 8 nitrogen and oxygen atoms in total. The van der Waals surface area contributed by atoms with Gasteiger partial charge in [-0.15, -0.1) is 0 Å². The summed E-state index contributed by atoms with van der Waals surface area (Å²) in [4.78, 5) is 14.5. The monoisotopic (exact) mass is 400 g/mol. The lowest BCUT2D eigenvalue weighted by molar-refractivity contribution is -0.132. The summed E-state index contributed by atoms with van der Waals surface area (Å²) in [5.41, 5.74) is 0.299. The Kier molecular flexibility index (Phi) is 27.7. The number of aliphatic carboxylic acids is 1. The summed E-state index contributed by atoms with van der Waals surface area (Å²) in [5, 5.41) is 8.21. The van der Waals surface area contributed by atoms with Crippen molar-refractivity contribution >= 4 is 16.4 Å². The minimum absolute atomic E-state index is 0.299. The van der Waals surface area contributed by atoms with Crippen molar-refractivity contribution < 1.29 is 27.1 Å². The molecule has 0 aromatic rings. The minimum atomic E-state index is -4.16. The summed E-state index contributed by atoms with van der Waals surface area (Å²) in [6.07, 6.45) is 1.44. The normalized spacial score (nSPS) is 9.96. The first kappa shape index (κ1) is 32.7. The average Bonchev–Trinajstić information content (AvgIpc) is 2.61. The zero-order chi connectivity index (χ0) is 21.8. The first-order valence-corrected chi connectivity index (χ1v) is 10.0. The molecule has 0 heterocycles. The summed E-state index contributed by atoms with van der Waals surface area (Å²) in [6.45, 7) is 18.5. The highest BCUT2D eigenvalue weighted by Crippen LogP contribution is 1.99. The van der Waals surface area contributed by atoms with Gasteiger partial charge in [-0.2, -0.15) is 8.42 Å². The van der Waals surface area contributed by atoms with Gasteiger partial charge in [0.1, 0.15) is 0 Å². The third-order valence-corrected chi connectivity index (χ3v) is 3.65. The van der Waals surface area contributed by atoms with Crippen LogP contribution in [0.2, 0.25) is 0 Å². The largest absolute Gasteiger partial charge is 0.478 e. The van der Waals surface area contributed by atoms with Gasteiger partial charge in [0.05, 0.1) is 7.11 Å². The van der Waals surface area contributed by atoms with Gasteiger partial charge < -0.3 is 14.9 Å². The molecule has 0 aliphatic heterocycles. The highest BCUT2D eigenvalue weighted by atomic mass is 32.3. The third kappa shape index (κ3) is 38.5. The Hall–Kier alpha value is -1.00. The predicted octanol–water partition coefficient (Wildman–Crippen LogP) is 2.78. The Morgan fingerprint density at radius 1 is 0.962 bits per heavy atom. The number of hydrogen-bond acceptors (Lipinski definition) is 6. The second kappa shape index (κ2) is 22.0. The van der Waals surface area contributed by atoms with E-state index in [1.165, 1.54) is 0 Å². The molecule has 0 saturated heterocycles. The van der Waals surface area contributed by atoms with E-state index in [1.807, 2.05) is 6.92 Å². The first-order chi connectivity index (χ1) is 11.9. The standard InChI is InChI=1S/C6H10O2.2C5H13N.CH4O4S/c1-3-4-5(2)6(7)8;2*1-4-6(3)5-2;1-5-6(2,3)4/h2-4H2,1H3,(H,7,8);2*4-5H2,1-3H3;1H3,(H,2,3,4). The molecule has 26 heavy (non-hydrogen) atoms. The van der Waals surface area contributed by atoms with Gasteiger partial charge in [0, 0.05) is 5.57 Å². The van der Waals surface area contributed by atoms with Gasteiger partial charge >= 0.3 is 16.4 Å². The Labute approximate surface area is 160 Å². The summed E-state index contributed by atoms with van der Waals surface area (Å²) in [7, 11) is 0.931. The molecule has 0 spiro atoms. The Morgan fingerprint density at radius 3 is 1.27 bits per heavy atom. The molecule has 0 amide bonds. The van der Waals surface area contributed by atoms with Gasteiger partial charge in [0.15, 0.2) is 0 Å². The van der Waals surface area contributed by atoms with Gasteiger partial charge in [0.2, 0.25) is 0 Å². The van der Waals surface area contributed by atoms with Crippen LogP contribution in [0.4, 0.5) is 0 Å². The van der Waals surface area contributed by atoms with Crippen molar-refractivity contribution in [1.82, 2.24) is 9.80 Å². The molecule has 0 aliphatic carbocycles. The fraction of sp³-hybridized carbons (Fsp3) is 0.824. The van der Waals surface area contributed by atoms with Crippen LogP contribution >= 0.6 is 0 Å². The van der Waals surface area contributed by atoms with Crippen molar-refractivity contribution in [3.8, 4) is 0 Å². The number of nitrogens with zero attached hydrogens (tertiary/aromatic N) is 2. The second-order valence-corrected chi connectivity index (χ2v) is 6.42. The van der Waals surface area contributed by atoms with Crippen LogP contribution in [-0.4, -0.2) is 81.2 Å². The van der Waals surface area contributed by atoms with E-state index in [4.69, 9.17) is 9.66 Å². The van der Waals surface area contributed by atoms with Gasteiger partial charge in [-0.1, -0.05) is 47.6 Å². The lowest BCUT2D eigenvalue weighted by Gasteiger charge is -2.07. The SMILES string of the molecule is C=C(CCC)C(=O)O.CCN(C)CC.CCN(C)CC.COS(=O)(=O)O. The number of carboxylic acid groups (broad SMARTS) is 1. The van der Waals surface area contributed by atoms with Crippen molar-refractivity contribution in [1.29, 1.82) is 0 Å². The van der Waals surface area contributed by atoms with Gasteiger partial charge in [0.25, 0.3) is 0 Å². The Balaban J connectivity index is -0.000000125. The van der Waals surface area contributed by atoms with Crippen molar-refractivity contribution in [3.05, 3.63) is 12.2 Å². The molecule has 9 heteroatoms. The van der Waals surface area contributed by atoms with Crippen LogP contribution in [0.5, 0.6) is 0 Å². The summed E-state index contributed by atoms with van der Waals surface area (Å²) < 4.78 is 29.7. The van der Waals surface area contributed by atoms with Crippen LogP contribution in [0.15, 0.2) is 12.2 Å². The maximum atomic E-state index is 9.99. The molecule has 0 rings (SSSR count). The van der Waals surface area contributed by atoms with Crippen LogP contribution in [0.3, 0.4) is 0 Å². The fourth-order valence-corrected chi connectivity index (χ4v) is 0.856. The van der Waals surface area contributed by atoms with Crippen LogP contribution in [0, 0.1) is 0 Å². The molecular formula is C17H40N2O6S. The number of carboxylic acids is 1. The summed E-state index contributed by atoms with van der Waals surface area (Å²) in [5.74, 6) is -0.883. The molecule has 0 aliphatic rings. The molecular weight excluding hydrogens is 360 g/mol. The molecule has 0 bridgehead atoms. The van der Waals surface area contributed by atoms with Crippen molar-refractivity contribution in [2.45, 2.75) is 47.5 Å². The topological polar surface area (TPSA) is 107 Å². The maximum absolute atomic E-state index is 9.99. The molecule has 2 N–H and O–H groups in total. The smallest absolute Gasteiger partial charge is 0.397 e. The lowest BCUT2D eigenvalue weighted by Crippen LogP contribution is -2.15. The number of carbonyl (C=O) groups is 1. The molecule has 0 unspecified atom stereocenters. The van der Waals surface area contributed by atoms with Crippen LogP contribution in [0.1, 0.15) is 47.5 Å². The lowest BCUT2D eigenvalue weighted by atomic mass is 10.2.